The molecule has 0 bridgehead atoms. The normalized spacial score (nSPS) is 31.3. The summed E-state index contributed by atoms with van der Waals surface area (Å²) < 4.78 is 25.8. The van der Waals surface area contributed by atoms with E-state index < -0.39 is 6.17 Å². The molecule has 0 fully saturated rings. The van der Waals surface area contributed by atoms with Crippen molar-refractivity contribution >= 4 is 0 Å². The van der Waals surface area contributed by atoms with Gasteiger partial charge >= 0.3 is 0 Å². The molecule has 0 saturated carbocycles. The number of hydrogen-bond acceptors (Lipinski definition) is 0. The molecule has 0 aromatic heterocycles. The Balaban J connectivity index is 2.82. The van der Waals surface area contributed by atoms with E-state index in [1.54, 1.807) is 6.92 Å². The predicted octanol–water partition coefficient (Wildman–Crippen LogP) is 3.16. The van der Waals surface area contributed by atoms with Crippen LogP contribution in [0.25, 0.3) is 0 Å². The second kappa shape index (κ2) is 3.16. The number of rotatable bonds is 1. The third-order valence-corrected chi connectivity index (χ3v) is 1.96. The van der Waals surface area contributed by atoms with Crippen LogP contribution in [0.4, 0.5) is 8.78 Å². The molecule has 0 heterocycles. The number of hydrogen-bond donors (Lipinski definition) is 0. The summed E-state index contributed by atoms with van der Waals surface area (Å²) in [6, 6.07) is 0. The van der Waals surface area contributed by atoms with E-state index in [0.717, 1.165) is 0 Å². The van der Waals surface area contributed by atoms with E-state index in [4.69, 9.17) is 0 Å². The van der Waals surface area contributed by atoms with Crippen LogP contribution < -0.4 is 0 Å². The average Bonchev–Trinajstić information content (AvgIpc) is 1.97. The Morgan fingerprint density at radius 2 is 2.09 bits per heavy atom. The fourth-order valence-corrected chi connectivity index (χ4v) is 1.14. The lowest BCUT2D eigenvalue weighted by Crippen LogP contribution is -2.12. The van der Waals surface area contributed by atoms with Crippen molar-refractivity contribution in [2.75, 3.05) is 0 Å². The van der Waals surface area contributed by atoms with Gasteiger partial charge in [-0.3, -0.25) is 0 Å². The Labute approximate surface area is 65.6 Å². The third-order valence-electron chi connectivity index (χ3n) is 1.96. The van der Waals surface area contributed by atoms with Gasteiger partial charge in [-0.1, -0.05) is 13.8 Å². The first-order valence-electron chi connectivity index (χ1n) is 3.87. The van der Waals surface area contributed by atoms with Gasteiger partial charge in [0.2, 0.25) is 0 Å². The van der Waals surface area contributed by atoms with Gasteiger partial charge in [-0.15, -0.1) is 0 Å². The topological polar surface area (TPSA) is 0 Å². The van der Waals surface area contributed by atoms with Gasteiger partial charge in [0.15, 0.2) is 0 Å². The van der Waals surface area contributed by atoms with Crippen molar-refractivity contribution in [1.82, 2.24) is 0 Å². The largest absolute Gasteiger partial charge is 0.242 e. The van der Waals surface area contributed by atoms with Crippen molar-refractivity contribution in [3.63, 3.8) is 0 Å². The maximum atomic E-state index is 12.9. The van der Waals surface area contributed by atoms with Crippen LogP contribution in [0.2, 0.25) is 0 Å². The first-order valence-corrected chi connectivity index (χ1v) is 3.87. The summed E-state index contributed by atoms with van der Waals surface area (Å²) in [6.07, 6.45) is 2.28. The molecule has 0 aromatic carbocycles. The van der Waals surface area contributed by atoms with Gasteiger partial charge in [0, 0.05) is 5.92 Å². The Hall–Kier alpha value is -0.660. The lowest BCUT2D eigenvalue weighted by molar-refractivity contribution is 0.325. The molecule has 1 rings (SSSR count). The van der Waals surface area contributed by atoms with Crippen molar-refractivity contribution in [1.29, 1.82) is 0 Å². The molecule has 0 aliphatic heterocycles. The van der Waals surface area contributed by atoms with Crippen LogP contribution in [-0.2, 0) is 0 Å². The molecule has 2 unspecified atom stereocenters. The first kappa shape index (κ1) is 8.44. The van der Waals surface area contributed by atoms with Crippen LogP contribution in [-0.4, -0.2) is 6.17 Å². The summed E-state index contributed by atoms with van der Waals surface area (Å²) in [5.41, 5.74) is 0.496. The molecule has 2 heteroatoms. The van der Waals surface area contributed by atoms with E-state index in [9.17, 15) is 8.78 Å². The molecule has 0 aromatic rings. The third kappa shape index (κ3) is 1.67. The summed E-state index contributed by atoms with van der Waals surface area (Å²) in [5.74, 6) is -0.570. The maximum absolute atomic E-state index is 12.9. The van der Waals surface area contributed by atoms with Crippen LogP contribution in [0, 0.1) is 5.92 Å². The van der Waals surface area contributed by atoms with Gasteiger partial charge in [-0.2, -0.15) is 0 Å². The lowest BCUT2D eigenvalue weighted by atomic mass is 9.95. The Bertz CT molecular complexity index is 204. The zero-order chi connectivity index (χ0) is 8.43. The van der Waals surface area contributed by atoms with Crippen LogP contribution >= 0.6 is 0 Å². The SMILES string of the molecule is CCC1=CC(F)C(C)C=C1F. The minimum atomic E-state index is -1.01. The van der Waals surface area contributed by atoms with E-state index >= 15 is 0 Å². The zero-order valence-corrected chi connectivity index (χ0v) is 6.77. The summed E-state index contributed by atoms with van der Waals surface area (Å²) in [5, 5.41) is 0. The highest BCUT2D eigenvalue weighted by Crippen LogP contribution is 2.27. The molecule has 0 spiro atoms. The number of allylic oxidation sites excluding steroid dienone is 4. The van der Waals surface area contributed by atoms with E-state index in [1.165, 1.54) is 12.2 Å². The molecule has 0 saturated heterocycles. The minimum Gasteiger partial charge on any atom is -0.242 e. The molecule has 1 aliphatic rings. The highest BCUT2D eigenvalue weighted by molar-refractivity contribution is 5.31. The highest BCUT2D eigenvalue weighted by atomic mass is 19.1. The standard InChI is InChI=1S/C9H12F2/c1-3-7-5-8(10)6(2)4-9(7)11/h4-6,8H,3H2,1-2H3. The van der Waals surface area contributed by atoms with Crippen molar-refractivity contribution in [2.24, 2.45) is 5.92 Å². The fraction of sp³-hybridized carbons (Fsp3) is 0.556. The first-order chi connectivity index (χ1) is 5.15. The number of halogens is 2. The predicted molar refractivity (Wildman–Crippen MR) is 41.6 cm³/mol. The van der Waals surface area contributed by atoms with Gasteiger partial charge < -0.3 is 0 Å². The van der Waals surface area contributed by atoms with E-state index in [2.05, 4.69) is 0 Å². The summed E-state index contributed by atoms with van der Waals surface area (Å²) >= 11 is 0. The quantitative estimate of drug-likeness (QED) is 0.549. The molecule has 2 atom stereocenters. The minimum absolute atomic E-state index is 0.256. The van der Waals surface area contributed by atoms with Crippen molar-refractivity contribution in [3.8, 4) is 0 Å². The van der Waals surface area contributed by atoms with Gasteiger partial charge in [0.25, 0.3) is 0 Å². The van der Waals surface area contributed by atoms with Gasteiger partial charge in [0.05, 0.1) is 0 Å². The van der Waals surface area contributed by atoms with E-state index in [1.807, 2.05) is 6.92 Å². The Morgan fingerprint density at radius 1 is 1.45 bits per heavy atom. The molecule has 0 radical (unpaired) electrons. The van der Waals surface area contributed by atoms with Gasteiger partial charge in [0.1, 0.15) is 12.0 Å². The maximum Gasteiger partial charge on any atom is 0.125 e. The van der Waals surface area contributed by atoms with Crippen molar-refractivity contribution in [3.05, 3.63) is 23.6 Å². The summed E-state index contributed by atoms with van der Waals surface area (Å²) in [4.78, 5) is 0. The highest BCUT2D eigenvalue weighted by Gasteiger charge is 2.19. The second-order valence-electron chi connectivity index (χ2n) is 2.86. The van der Waals surface area contributed by atoms with Gasteiger partial charge in [-0.25, -0.2) is 8.78 Å². The molecule has 0 N–H and O–H groups in total. The lowest BCUT2D eigenvalue weighted by Gasteiger charge is -2.16. The smallest absolute Gasteiger partial charge is 0.125 e. The second-order valence-corrected chi connectivity index (χ2v) is 2.86. The molecular formula is C9H12F2. The molecule has 62 valence electrons. The molecule has 0 amide bonds. The van der Waals surface area contributed by atoms with E-state index in [-0.39, 0.29) is 11.7 Å². The summed E-state index contributed by atoms with van der Waals surface area (Å²) in [6.45, 7) is 3.50. The average molecular weight is 158 g/mol. The van der Waals surface area contributed by atoms with Crippen molar-refractivity contribution < 1.29 is 8.78 Å². The van der Waals surface area contributed by atoms with Crippen LogP contribution in [0.1, 0.15) is 20.3 Å². The fourth-order valence-electron chi connectivity index (χ4n) is 1.14. The number of alkyl halides is 1. The van der Waals surface area contributed by atoms with E-state index in [0.29, 0.717) is 12.0 Å². The molecule has 11 heavy (non-hydrogen) atoms. The monoisotopic (exact) mass is 158 g/mol. The Kier molecular flexibility index (Phi) is 2.42. The molecule has 1 aliphatic carbocycles. The van der Waals surface area contributed by atoms with Gasteiger partial charge in [-0.05, 0) is 24.1 Å². The van der Waals surface area contributed by atoms with Crippen molar-refractivity contribution in [2.45, 2.75) is 26.4 Å². The molecular weight excluding hydrogens is 146 g/mol. The van der Waals surface area contributed by atoms with Crippen LogP contribution in [0.15, 0.2) is 23.6 Å². The summed E-state index contributed by atoms with van der Waals surface area (Å²) in [7, 11) is 0. The Morgan fingerprint density at radius 3 is 2.64 bits per heavy atom. The molecule has 0 nitrogen and oxygen atoms in total. The van der Waals surface area contributed by atoms with Crippen LogP contribution in [0.3, 0.4) is 0 Å². The van der Waals surface area contributed by atoms with Crippen LogP contribution in [0.5, 0.6) is 0 Å². The zero-order valence-electron chi connectivity index (χ0n) is 6.77.